The van der Waals surface area contributed by atoms with Crippen LogP contribution in [0.1, 0.15) is 50.9 Å². The minimum Gasteiger partial charge on any atom is -0.367 e. The lowest BCUT2D eigenvalue weighted by Gasteiger charge is -2.24. The van der Waals surface area contributed by atoms with Gasteiger partial charge >= 0.3 is 0 Å². The van der Waals surface area contributed by atoms with Crippen LogP contribution in [0.25, 0.3) is 0 Å². The van der Waals surface area contributed by atoms with Gasteiger partial charge in [0.1, 0.15) is 5.56 Å². The molecule has 1 heterocycles. The fourth-order valence-corrected chi connectivity index (χ4v) is 1.90. The Labute approximate surface area is 121 Å². The van der Waals surface area contributed by atoms with Crippen LogP contribution in [0.5, 0.6) is 0 Å². The van der Waals surface area contributed by atoms with Gasteiger partial charge in [-0.2, -0.15) is 0 Å². The lowest BCUT2D eigenvalue weighted by molar-refractivity contribution is 0.0739. The first-order chi connectivity index (χ1) is 9.41. The molecule has 0 saturated heterocycles. The third-order valence-electron chi connectivity index (χ3n) is 3.29. The highest BCUT2D eigenvalue weighted by molar-refractivity contribution is 5.93. The summed E-state index contributed by atoms with van der Waals surface area (Å²) >= 11 is 0. The molecule has 0 unspecified atom stereocenters. The molecule has 1 rings (SSSR count). The fraction of sp³-hybridized carbons (Fsp3) is 0.625. The van der Waals surface area contributed by atoms with E-state index in [-0.39, 0.29) is 16.9 Å². The van der Waals surface area contributed by atoms with Crippen molar-refractivity contribution in [3.8, 4) is 0 Å². The van der Waals surface area contributed by atoms with E-state index in [1.54, 1.807) is 6.20 Å². The molecule has 20 heavy (non-hydrogen) atoms. The van der Waals surface area contributed by atoms with Gasteiger partial charge in [-0.15, -0.1) is 0 Å². The molecule has 0 fully saturated rings. The van der Waals surface area contributed by atoms with Crippen molar-refractivity contribution >= 4 is 5.91 Å². The normalized spacial score (nSPS) is 11.1. The van der Waals surface area contributed by atoms with Crippen LogP contribution in [0.15, 0.2) is 23.3 Å². The molecule has 1 N–H and O–H groups in total. The number of aromatic amines is 1. The first-order valence-electron chi connectivity index (χ1n) is 7.38. The van der Waals surface area contributed by atoms with Crippen LogP contribution in [-0.4, -0.2) is 28.9 Å². The zero-order valence-electron chi connectivity index (χ0n) is 13.0. The van der Waals surface area contributed by atoms with Crippen molar-refractivity contribution in [3.63, 3.8) is 0 Å². The molecule has 0 aliphatic heterocycles. The second-order valence-corrected chi connectivity index (χ2v) is 6.08. The number of hydrogen-bond donors (Lipinski definition) is 1. The Bertz CT molecular complexity index is 465. The molecule has 0 spiro atoms. The number of nitrogens with one attached hydrogen (secondary N) is 1. The van der Waals surface area contributed by atoms with E-state index in [9.17, 15) is 9.59 Å². The third-order valence-corrected chi connectivity index (χ3v) is 3.29. The van der Waals surface area contributed by atoms with E-state index >= 15 is 0 Å². The van der Waals surface area contributed by atoms with Crippen LogP contribution in [0.2, 0.25) is 0 Å². The summed E-state index contributed by atoms with van der Waals surface area (Å²) in [6.07, 6.45) is 4.96. The average molecular weight is 278 g/mol. The van der Waals surface area contributed by atoms with Gasteiger partial charge in [-0.3, -0.25) is 9.59 Å². The largest absolute Gasteiger partial charge is 0.367 e. The van der Waals surface area contributed by atoms with Crippen LogP contribution in [0, 0.1) is 11.8 Å². The summed E-state index contributed by atoms with van der Waals surface area (Å²) in [5.41, 5.74) is 0.0212. The van der Waals surface area contributed by atoms with Crippen molar-refractivity contribution in [2.45, 2.75) is 40.5 Å². The van der Waals surface area contributed by atoms with Crippen molar-refractivity contribution in [1.29, 1.82) is 0 Å². The topological polar surface area (TPSA) is 53.2 Å². The highest BCUT2D eigenvalue weighted by Crippen LogP contribution is 2.09. The molecular weight excluding hydrogens is 252 g/mol. The predicted octanol–water partition coefficient (Wildman–Crippen LogP) is 2.91. The van der Waals surface area contributed by atoms with Gasteiger partial charge in [0.05, 0.1) is 0 Å². The summed E-state index contributed by atoms with van der Waals surface area (Å²) < 4.78 is 0. The number of pyridine rings is 1. The van der Waals surface area contributed by atoms with E-state index in [1.807, 2.05) is 4.90 Å². The van der Waals surface area contributed by atoms with Gasteiger partial charge in [-0.05, 0) is 24.7 Å². The number of rotatable bonds is 7. The summed E-state index contributed by atoms with van der Waals surface area (Å²) in [5.74, 6) is 0.921. The first-order valence-corrected chi connectivity index (χ1v) is 7.38. The van der Waals surface area contributed by atoms with Crippen LogP contribution in [0.3, 0.4) is 0 Å². The number of amides is 1. The lowest BCUT2D eigenvalue weighted by atomic mass is 10.1. The Morgan fingerprint density at radius 2 is 1.70 bits per heavy atom. The van der Waals surface area contributed by atoms with Crippen LogP contribution < -0.4 is 5.43 Å². The van der Waals surface area contributed by atoms with Gasteiger partial charge in [0.2, 0.25) is 0 Å². The van der Waals surface area contributed by atoms with E-state index in [0.29, 0.717) is 24.9 Å². The SMILES string of the molecule is CC(C)CCN(CCC(C)C)C(=O)c1c[nH]ccc1=O. The van der Waals surface area contributed by atoms with E-state index < -0.39 is 0 Å². The minimum absolute atomic E-state index is 0.159. The maximum absolute atomic E-state index is 12.5. The molecule has 0 atom stereocenters. The Morgan fingerprint density at radius 1 is 1.15 bits per heavy atom. The van der Waals surface area contributed by atoms with Gasteiger partial charge in [0.25, 0.3) is 5.91 Å². The molecule has 0 bridgehead atoms. The van der Waals surface area contributed by atoms with Gasteiger partial charge < -0.3 is 9.88 Å². The monoisotopic (exact) mass is 278 g/mol. The van der Waals surface area contributed by atoms with Gasteiger partial charge in [0, 0.05) is 31.5 Å². The van der Waals surface area contributed by atoms with Crippen molar-refractivity contribution in [2.75, 3.05) is 13.1 Å². The van der Waals surface area contributed by atoms with Crippen molar-refractivity contribution in [1.82, 2.24) is 9.88 Å². The Balaban J connectivity index is 2.83. The minimum atomic E-state index is -0.215. The van der Waals surface area contributed by atoms with Crippen molar-refractivity contribution in [3.05, 3.63) is 34.2 Å². The Hall–Kier alpha value is -1.58. The van der Waals surface area contributed by atoms with Gasteiger partial charge in [0.15, 0.2) is 5.43 Å². The highest BCUT2D eigenvalue weighted by atomic mass is 16.2. The quantitative estimate of drug-likeness (QED) is 0.833. The van der Waals surface area contributed by atoms with E-state index in [1.165, 1.54) is 12.3 Å². The van der Waals surface area contributed by atoms with Crippen LogP contribution in [0.4, 0.5) is 0 Å². The molecule has 1 amide bonds. The molecule has 4 nitrogen and oxygen atoms in total. The second kappa shape index (κ2) is 7.88. The summed E-state index contributed by atoms with van der Waals surface area (Å²) in [4.78, 5) is 28.9. The number of carbonyl (C=O) groups excluding carboxylic acids is 1. The lowest BCUT2D eigenvalue weighted by Crippen LogP contribution is -2.36. The molecule has 1 aromatic heterocycles. The molecule has 0 aromatic carbocycles. The summed E-state index contributed by atoms with van der Waals surface area (Å²) in [6.45, 7) is 9.97. The van der Waals surface area contributed by atoms with E-state index in [0.717, 1.165) is 12.8 Å². The number of carbonyl (C=O) groups is 1. The van der Waals surface area contributed by atoms with Crippen molar-refractivity contribution < 1.29 is 4.79 Å². The molecule has 0 saturated carbocycles. The van der Waals surface area contributed by atoms with Crippen LogP contribution in [-0.2, 0) is 0 Å². The number of H-pyrrole nitrogens is 1. The fourth-order valence-electron chi connectivity index (χ4n) is 1.90. The summed E-state index contributed by atoms with van der Waals surface area (Å²) in [5, 5.41) is 0. The summed E-state index contributed by atoms with van der Waals surface area (Å²) in [7, 11) is 0. The zero-order valence-corrected chi connectivity index (χ0v) is 13.0. The van der Waals surface area contributed by atoms with Gasteiger partial charge in [-0.25, -0.2) is 0 Å². The zero-order chi connectivity index (χ0) is 15.1. The smallest absolute Gasteiger partial charge is 0.259 e. The molecule has 0 radical (unpaired) electrons. The van der Waals surface area contributed by atoms with E-state index in [2.05, 4.69) is 32.7 Å². The number of aromatic nitrogens is 1. The molecular formula is C16H26N2O2. The third kappa shape index (κ3) is 5.19. The molecule has 1 aromatic rings. The number of nitrogens with zero attached hydrogens (tertiary/aromatic N) is 1. The first kappa shape index (κ1) is 16.5. The Morgan fingerprint density at radius 3 is 2.15 bits per heavy atom. The molecule has 4 heteroatoms. The van der Waals surface area contributed by atoms with E-state index in [4.69, 9.17) is 0 Å². The maximum Gasteiger partial charge on any atom is 0.259 e. The maximum atomic E-state index is 12.5. The van der Waals surface area contributed by atoms with Crippen molar-refractivity contribution in [2.24, 2.45) is 11.8 Å². The highest BCUT2D eigenvalue weighted by Gasteiger charge is 2.18. The molecule has 112 valence electrons. The predicted molar refractivity (Wildman–Crippen MR) is 81.9 cm³/mol. The standard InChI is InChI=1S/C16H26N2O2/c1-12(2)6-9-18(10-7-13(3)4)16(20)14-11-17-8-5-15(14)19/h5,8,11-13H,6-7,9-10H2,1-4H3,(H,17,19). The van der Waals surface area contributed by atoms with Gasteiger partial charge in [-0.1, -0.05) is 27.7 Å². The second-order valence-electron chi connectivity index (χ2n) is 6.08. The summed E-state index contributed by atoms with van der Waals surface area (Å²) in [6, 6.07) is 1.40. The Kier molecular flexibility index (Phi) is 6.49. The molecule has 0 aliphatic rings. The average Bonchev–Trinajstić information content (AvgIpc) is 2.38. The number of hydrogen-bond acceptors (Lipinski definition) is 2. The van der Waals surface area contributed by atoms with Crippen LogP contribution >= 0.6 is 0 Å². The molecule has 0 aliphatic carbocycles.